The van der Waals surface area contributed by atoms with Crippen molar-refractivity contribution in [2.75, 3.05) is 13.1 Å². The predicted octanol–water partition coefficient (Wildman–Crippen LogP) is 4.01. The zero-order valence-corrected chi connectivity index (χ0v) is 12.3. The lowest BCUT2D eigenvalue weighted by Crippen LogP contribution is -2.47. The number of hydrogen-bond donors (Lipinski definition) is 1. The molecule has 0 radical (unpaired) electrons. The molecule has 18 heavy (non-hydrogen) atoms. The molecule has 0 aromatic carbocycles. The largest absolute Gasteiger partial charge is 0.317 e. The van der Waals surface area contributed by atoms with Gasteiger partial charge in [0, 0.05) is 0 Å². The molecule has 2 heteroatoms. The van der Waals surface area contributed by atoms with Gasteiger partial charge in [0.15, 0.2) is 0 Å². The SMILES string of the molecule is C1CC(CC23CC4CC(CC(C4)C2)C3)CCN1.Cl. The molecule has 5 rings (SSSR count). The van der Waals surface area contributed by atoms with Crippen LogP contribution in [0.15, 0.2) is 0 Å². The lowest BCUT2D eigenvalue weighted by molar-refractivity contribution is -0.0670. The molecule has 1 nitrogen and oxygen atoms in total. The van der Waals surface area contributed by atoms with E-state index in [1.165, 1.54) is 25.9 Å². The van der Waals surface area contributed by atoms with Gasteiger partial charge in [0.25, 0.3) is 0 Å². The second kappa shape index (κ2) is 4.98. The van der Waals surface area contributed by atoms with Crippen LogP contribution in [0.25, 0.3) is 0 Å². The van der Waals surface area contributed by atoms with Crippen molar-refractivity contribution in [1.82, 2.24) is 5.32 Å². The van der Waals surface area contributed by atoms with E-state index in [2.05, 4.69) is 5.32 Å². The zero-order valence-electron chi connectivity index (χ0n) is 11.5. The van der Waals surface area contributed by atoms with Gasteiger partial charge in [-0.2, -0.15) is 0 Å². The fourth-order valence-corrected chi connectivity index (χ4v) is 6.24. The molecule has 1 aliphatic heterocycles. The Bertz CT molecular complexity index is 260. The van der Waals surface area contributed by atoms with Crippen molar-refractivity contribution in [3.63, 3.8) is 0 Å². The number of nitrogens with one attached hydrogen (secondary N) is 1. The summed E-state index contributed by atoms with van der Waals surface area (Å²) in [6, 6.07) is 0. The van der Waals surface area contributed by atoms with Crippen molar-refractivity contribution in [2.45, 2.75) is 57.8 Å². The van der Waals surface area contributed by atoms with Crippen molar-refractivity contribution < 1.29 is 0 Å². The smallest absolute Gasteiger partial charge is 0.00463 e. The van der Waals surface area contributed by atoms with Crippen molar-refractivity contribution in [3.8, 4) is 0 Å². The molecule has 0 amide bonds. The molecule has 0 aromatic rings. The third kappa shape index (κ3) is 2.33. The summed E-state index contributed by atoms with van der Waals surface area (Å²) in [5, 5.41) is 3.52. The minimum atomic E-state index is 0. The number of halogens is 1. The van der Waals surface area contributed by atoms with Crippen LogP contribution in [-0.4, -0.2) is 13.1 Å². The lowest BCUT2D eigenvalue weighted by atomic mass is 9.48. The van der Waals surface area contributed by atoms with E-state index in [0.29, 0.717) is 0 Å². The minimum absolute atomic E-state index is 0. The average molecular weight is 270 g/mol. The first-order valence-electron chi connectivity index (χ1n) is 8.02. The van der Waals surface area contributed by atoms with Crippen LogP contribution in [0.5, 0.6) is 0 Å². The Morgan fingerprint density at radius 1 is 0.833 bits per heavy atom. The first-order chi connectivity index (χ1) is 8.31. The lowest BCUT2D eigenvalue weighted by Gasteiger charge is -2.58. The summed E-state index contributed by atoms with van der Waals surface area (Å²) in [5.41, 5.74) is 0.830. The van der Waals surface area contributed by atoms with Gasteiger partial charge in [0.1, 0.15) is 0 Å². The number of hydrogen-bond acceptors (Lipinski definition) is 1. The molecule has 0 aromatic heterocycles. The van der Waals surface area contributed by atoms with Crippen LogP contribution in [0.4, 0.5) is 0 Å². The first kappa shape index (κ1) is 13.2. The highest BCUT2D eigenvalue weighted by Crippen LogP contribution is 2.62. The van der Waals surface area contributed by atoms with Crippen LogP contribution < -0.4 is 5.32 Å². The Morgan fingerprint density at radius 2 is 1.33 bits per heavy atom. The molecule has 1 N–H and O–H groups in total. The summed E-state index contributed by atoms with van der Waals surface area (Å²) in [4.78, 5) is 0. The van der Waals surface area contributed by atoms with Gasteiger partial charge < -0.3 is 5.32 Å². The van der Waals surface area contributed by atoms with Gasteiger partial charge in [-0.15, -0.1) is 12.4 Å². The Hall–Kier alpha value is 0.250. The van der Waals surface area contributed by atoms with E-state index >= 15 is 0 Å². The minimum Gasteiger partial charge on any atom is -0.317 e. The van der Waals surface area contributed by atoms with Crippen LogP contribution in [0, 0.1) is 29.1 Å². The summed E-state index contributed by atoms with van der Waals surface area (Å²) in [6.07, 6.45) is 14.2. The van der Waals surface area contributed by atoms with Crippen molar-refractivity contribution >= 4 is 12.4 Å². The predicted molar refractivity (Wildman–Crippen MR) is 78.1 cm³/mol. The van der Waals surface area contributed by atoms with Gasteiger partial charge in [-0.25, -0.2) is 0 Å². The maximum Gasteiger partial charge on any atom is -0.00463 e. The van der Waals surface area contributed by atoms with E-state index in [4.69, 9.17) is 0 Å². The third-order valence-electron chi connectivity index (χ3n) is 6.35. The Labute approximate surface area is 118 Å². The summed E-state index contributed by atoms with van der Waals surface area (Å²) in [5.74, 6) is 4.49. The molecular weight excluding hydrogens is 242 g/mol. The van der Waals surface area contributed by atoms with Gasteiger partial charge in [-0.05, 0) is 100.0 Å². The standard InChI is InChI=1S/C16H27N.ClH/c1-3-17-4-2-12(1)8-16-9-13-5-14(10-16)7-15(6-13)11-16;/h12-15,17H,1-11H2;1H. The fraction of sp³-hybridized carbons (Fsp3) is 1.00. The van der Waals surface area contributed by atoms with Crippen LogP contribution in [0.2, 0.25) is 0 Å². The van der Waals surface area contributed by atoms with E-state index < -0.39 is 0 Å². The molecule has 0 atom stereocenters. The van der Waals surface area contributed by atoms with Gasteiger partial charge in [0.2, 0.25) is 0 Å². The van der Waals surface area contributed by atoms with Gasteiger partial charge >= 0.3 is 0 Å². The van der Waals surface area contributed by atoms with Gasteiger partial charge in [-0.1, -0.05) is 0 Å². The normalized spacial score (nSPS) is 47.0. The van der Waals surface area contributed by atoms with E-state index in [0.717, 1.165) is 29.1 Å². The molecule has 0 spiro atoms. The third-order valence-corrected chi connectivity index (χ3v) is 6.35. The van der Waals surface area contributed by atoms with Crippen LogP contribution in [0.3, 0.4) is 0 Å². The molecule has 4 saturated carbocycles. The van der Waals surface area contributed by atoms with Crippen molar-refractivity contribution in [3.05, 3.63) is 0 Å². The maximum atomic E-state index is 3.52. The van der Waals surface area contributed by atoms with Crippen LogP contribution in [-0.2, 0) is 0 Å². The van der Waals surface area contributed by atoms with Gasteiger partial charge in [-0.3, -0.25) is 0 Å². The Balaban J connectivity index is 0.000001000. The quantitative estimate of drug-likeness (QED) is 0.799. The molecular formula is C16H28ClN. The molecule has 104 valence electrons. The highest BCUT2D eigenvalue weighted by Gasteiger charge is 2.51. The Kier molecular flexibility index (Phi) is 3.66. The second-order valence-corrected chi connectivity index (χ2v) is 7.82. The Morgan fingerprint density at radius 3 is 1.83 bits per heavy atom. The summed E-state index contributed by atoms with van der Waals surface area (Å²) < 4.78 is 0. The van der Waals surface area contributed by atoms with Crippen molar-refractivity contribution in [1.29, 1.82) is 0 Å². The fourth-order valence-electron chi connectivity index (χ4n) is 6.24. The molecule has 0 unspecified atom stereocenters. The zero-order chi connectivity index (χ0) is 11.3. The van der Waals surface area contributed by atoms with E-state index in [1.807, 2.05) is 0 Å². The molecule has 5 aliphatic rings. The first-order valence-corrected chi connectivity index (χ1v) is 8.02. The van der Waals surface area contributed by atoms with E-state index in [9.17, 15) is 0 Å². The molecule has 1 heterocycles. The van der Waals surface area contributed by atoms with Crippen LogP contribution in [0.1, 0.15) is 57.8 Å². The molecule has 4 aliphatic carbocycles. The van der Waals surface area contributed by atoms with Gasteiger partial charge in [0.05, 0.1) is 0 Å². The highest BCUT2D eigenvalue weighted by atomic mass is 35.5. The highest BCUT2D eigenvalue weighted by molar-refractivity contribution is 5.85. The average Bonchev–Trinajstić information content (AvgIpc) is 2.27. The summed E-state index contributed by atoms with van der Waals surface area (Å²) in [6.45, 7) is 2.58. The molecule has 4 bridgehead atoms. The summed E-state index contributed by atoms with van der Waals surface area (Å²) in [7, 11) is 0. The topological polar surface area (TPSA) is 12.0 Å². The van der Waals surface area contributed by atoms with Crippen molar-refractivity contribution in [2.24, 2.45) is 29.1 Å². The number of piperidine rings is 1. The maximum absolute atomic E-state index is 3.52. The monoisotopic (exact) mass is 269 g/mol. The van der Waals surface area contributed by atoms with E-state index in [-0.39, 0.29) is 12.4 Å². The molecule has 1 saturated heterocycles. The van der Waals surface area contributed by atoms with E-state index in [1.54, 1.807) is 44.9 Å². The van der Waals surface area contributed by atoms with Crippen LogP contribution >= 0.6 is 12.4 Å². The summed E-state index contributed by atoms with van der Waals surface area (Å²) >= 11 is 0. The number of rotatable bonds is 2. The second-order valence-electron chi connectivity index (χ2n) is 7.82. The molecule has 5 fully saturated rings.